The molecule has 0 saturated carbocycles. The smallest absolute Gasteiger partial charge is 0.305 e. The zero-order chi connectivity index (χ0) is 7.98. The lowest BCUT2D eigenvalue weighted by Gasteiger charge is -1.94. The van der Waals surface area contributed by atoms with Crippen LogP contribution in [-0.2, 0) is 14.3 Å². The van der Waals surface area contributed by atoms with Crippen LogP contribution in [-0.4, -0.2) is 25.5 Å². The van der Waals surface area contributed by atoms with Gasteiger partial charge in [-0.15, -0.1) is 0 Å². The molecule has 0 aliphatic heterocycles. The number of hydrogen-bond donors (Lipinski definition) is 0. The summed E-state index contributed by atoms with van der Waals surface area (Å²) in [4.78, 5) is 20.6. The van der Waals surface area contributed by atoms with Gasteiger partial charge in [0.15, 0.2) is 5.78 Å². The third kappa shape index (κ3) is 4.00. The minimum absolute atomic E-state index is 0.0285. The molecule has 0 spiro atoms. The Balaban J connectivity index is 3.35. The quantitative estimate of drug-likeness (QED) is 0.544. The molecule has 0 amide bonds. The number of esters is 1. The van der Waals surface area contributed by atoms with Crippen molar-refractivity contribution in [2.75, 3.05) is 13.8 Å². The molecule has 0 aromatic carbocycles. The standard InChI is InChI=1S/C6H9FO3/c1-10-6(9)3-2-5(8)4-7/h2-4H2,1H3. The molecule has 3 nitrogen and oxygen atoms in total. The fraction of sp³-hybridized carbons (Fsp3) is 0.667. The second-order valence-corrected chi connectivity index (χ2v) is 1.75. The minimum Gasteiger partial charge on any atom is -0.469 e. The number of hydrogen-bond acceptors (Lipinski definition) is 3. The second-order valence-electron chi connectivity index (χ2n) is 1.75. The first-order valence-electron chi connectivity index (χ1n) is 2.85. The highest BCUT2D eigenvalue weighted by molar-refractivity contribution is 5.83. The summed E-state index contributed by atoms with van der Waals surface area (Å²) in [5, 5.41) is 0. The van der Waals surface area contributed by atoms with E-state index in [-0.39, 0.29) is 12.8 Å². The van der Waals surface area contributed by atoms with Crippen molar-refractivity contribution < 1.29 is 18.7 Å². The zero-order valence-corrected chi connectivity index (χ0v) is 5.72. The van der Waals surface area contributed by atoms with E-state index in [0.29, 0.717) is 0 Å². The van der Waals surface area contributed by atoms with Crippen LogP contribution in [0.15, 0.2) is 0 Å². The average molecular weight is 148 g/mol. The highest BCUT2D eigenvalue weighted by Gasteiger charge is 2.05. The monoisotopic (exact) mass is 148 g/mol. The van der Waals surface area contributed by atoms with Crippen LogP contribution in [0.4, 0.5) is 4.39 Å². The predicted octanol–water partition coefficient (Wildman–Crippen LogP) is 0.478. The van der Waals surface area contributed by atoms with Crippen LogP contribution in [0.5, 0.6) is 0 Å². The fourth-order valence-electron chi connectivity index (χ4n) is 0.410. The van der Waals surface area contributed by atoms with E-state index in [4.69, 9.17) is 0 Å². The van der Waals surface area contributed by atoms with Gasteiger partial charge < -0.3 is 4.74 Å². The van der Waals surface area contributed by atoms with Gasteiger partial charge >= 0.3 is 5.97 Å². The molecule has 0 aliphatic carbocycles. The summed E-state index contributed by atoms with van der Waals surface area (Å²) in [6, 6.07) is 0. The van der Waals surface area contributed by atoms with Crippen LogP contribution >= 0.6 is 0 Å². The predicted molar refractivity (Wildman–Crippen MR) is 32.2 cm³/mol. The van der Waals surface area contributed by atoms with E-state index >= 15 is 0 Å². The molecule has 0 bridgehead atoms. The highest BCUT2D eigenvalue weighted by atomic mass is 19.1. The summed E-state index contributed by atoms with van der Waals surface area (Å²) in [5.74, 6) is -1.05. The number of Topliss-reactive ketones (excluding diaryl/α,β-unsaturated/α-hetero) is 1. The first-order chi connectivity index (χ1) is 4.70. The van der Waals surface area contributed by atoms with Crippen molar-refractivity contribution in [1.29, 1.82) is 0 Å². The Bertz CT molecular complexity index is 117. The molecule has 4 heteroatoms. The van der Waals surface area contributed by atoms with Crippen molar-refractivity contribution >= 4 is 11.8 Å². The largest absolute Gasteiger partial charge is 0.469 e. The van der Waals surface area contributed by atoms with Gasteiger partial charge in [-0.2, -0.15) is 0 Å². The number of halogens is 1. The van der Waals surface area contributed by atoms with Gasteiger partial charge in [0.1, 0.15) is 6.67 Å². The number of methoxy groups -OCH3 is 1. The summed E-state index contributed by atoms with van der Waals surface area (Å²) in [7, 11) is 1.22. The summed E-state index contributed by atoms with van der Waals surface area (Å²) < 4.78 is 15.7. The normalized spacial score (nSPS) is 9.00. The zero-order valence-electron chi connectivity index (χ0n) is 5.72. The van der Waals surface area contributed by atoms with E-state index in [2.05, 4.69) is 4.74 Å². The maximum atomic E-state index is 11.4. The topological polar surface area (TPSA) is 43.4 Å². The SMILES string of the molecule is COC(=O)CCC(=O)CF. The lowest BCUT2D eigenvalue weighted by atomic mass is 10.2. The van der Waals surface area contributed by atoms with Gasteiger partial charge in [-0.1, -0.05) is 0 Å². The molecule has 58 valence electrons. The van der Waals surface area contributed by atoms with Crippen LogP contribution in [0, 0.1) is 0 Å². The first-order valence-corrected chi connectivity index (χ1v) is 2.85. The van der Waals surface area contributed by atoms with E-state index in [1.54, 1.807) is 0 Å². The highest BCUT2D eigenvalue weighted by Crippen LogP contribution is 1.93. The van der Waals surface area contributed by atoms with Crippen LogP contribution < -0.4 is 0 Å². The van der Waals surface area contributed by atoms with Gasteiger partial charge in [-0.05, 0) is 0 Å². The van der Waals surface area contributed by atoms with Crippen LogP contribution in [0.3, 0.4) is 0 Å². The molecule has 0 saturated heterocycles. The maximum Gasteiger partial charge on any atom is 0.305 e. The van der Waals surface area contributed by atoms with Gasteiger partial charge in [0.2, 0.25) is 0 Å². The molecular formula is C6H9FO3. The second kappa shape index (κ2) is 4.90. The Labute approximate surface area is 58.2 Å². The van der Waals surface area contributed by atoms with E-state index in [1.807, 2.05) is 0 Å². The third-order valence-electron chi connectivity index (χ3n) is 0.985. The molecule has 0 rings (SSSR count). The van der Waals surface area contributed by atoms with Crippen LogP contribution in [0.25, 0.3) is 0 Å². The third-order valence-corrected chi connectivity index (χ3v) is 0.985. The maximum absolute atomic E-state index is 11.4. The Morgan fingerprint density at radius 1 is 1.40 bits per heavy atom. The van der Waals surface area contributed by atoms with Crippen molar-refractivity contribution in [2.24, 2.45) is 0 Å². The Kier molecular flexibility index (Phi) is 4.45. The van der Waals surface area contributed by atoms with Gasteiger partial charge in [0.05, 0.1) is 13.5 Å². The molecule has 0 radical (unpaired) electrons. The number of ether oxygens (including phenoxy) is 1. The number of carbonyl (C=O) groups is 2. The minimum atomic E-state index is -1.00. The molecule has 0 aromatic heterocycles. The van der Waals surface area contributed by atoms with Crippen molar-refractivity contribution in [3.8, 4) is 0 Å². The van der Waals surface area contributed by atoms with Crippen LogP contribution in [0.1, 0.15) is 12.8 Å². The molecule has 10 heavy (non-hydrogen) atoms. The van der Waals surface area contributed by atoms with Gasteiger partial charge in [0.25, 0.3) is 0 Å². The lowest BCUT2D eigenvalue weighted by molar-refractivity contribution is -0.142. The number of carbonyl (C=O) groups excluding carboxylic acids is 2. The average Bonchev–Trinajstić information content (AvgIpc) is 1.99. The molecule has 0 N–H and O–H groups in total. The van der Waals surface area contributed by atoms with Crippen molar-refractivity contribution in [3.63, 3.8) is 0 Å². The van der Waals surface area contributed by atoms with Crippen LogP contribution in [0.2, 0.25) is 0 Å². The summed E-state index contributed by atoms with van der Waals surface area (Å²) in [5.41, 5.74) is 0. The fourth-order valence-corrected chi connectivity index (χ4v) is 0.410. The Hall–Kier alpha value is -0.930. The van der Waals surface area contributed by atoms with E-state index < -0.39 is 18.4 Å². The van der Waals surface area contributed by atoms with Crippen molar-refractivity contribution in [3.05, 3.63) is 0 Å². The number of rotatable bonds is 4. The number of ketones is 1. The van der Waals surface area contributed by atoms with E-state index in [9.17, 15) is 14.0 Å². The molecule has 0 unspecified atom stereocenters. The summed E-state index contributed by atoms with van der Waals surface area (Å²) >= 11 is 0. The molecule has 0 heterocycles. The van der Waals surface area contributed by atoms with E-state index in [1.165, 1.54) is 7.11 Å². The first kappa shape index (κ1) is 9.07. The number of alkyl halides is 1. The van der Waals surface area contributed by atoms with Gasteiger partial charge in [-0.3, -0.25) is 9.59 Å². The summed E-state index contributed by atoms with van der Waals surface area (Å²) in [6.07, 6.45) is -0.0948. The van der Waals surface area contributed by atoms with Crippen molar-refractivity contribution in [2.45, 2.75) is 12.8 Å². The van der Waals surface area contributed by atoms with Crippen molar-refractivity contribution in [1.82, 2.24) is 0 Å². The Morgan fingerprint density at radius 2 is 2.00 bits per heavy atom. The van der Waals surface area contributed by atoms with E-state index in [0.717, 1.165) is 0 Å². The molecular weight excluding hydrogens is 139 g/mol. The molecule has 0 atom stereocenters. The van der Waals surface area contributed by atoms with Gasteiger partial charge in [-0.25, -0.2) is 4.39 Å². The lowest BCUT2D eigenvalue weighted by Crippen LogP contribution is -2.06. The molecule has 0 aromatic rings. The summed E-state index contributed by atoms with van der Waals surface area (Å²) in [6.45, 7) is -1.00. The Morgan fingerprint density at radius 3 is 2.40 bits per heavy atom. The molecule has 0 fully saturated rings. The van der Waals surface area contributed by atoms with Gasteiger partial charge in [0, 0.05) is 6.42 Å². The molecule has 0 aliphatic rings.